The van der Waals surface area contributed by atoms with Gasteiger partial charge in [-0.3, -0.25) is 14.4 Å². The SMILES string of the molecule is CCN(CC)C(=O)CN(C)C(=O)[C@@H]1CC(=O)N(CCc2ccc(OC)c(OC)c2)C1. The molecule has 8 nitrogen and oxygen atoms in total. The van der Waals surface area contributed by atoms with E-state index in [2.05, 4.69) is 0 Å². The Bertz CT molecular complexity index is 763. The highest BCUT2D eigenvalue weighted by Gasteiger charge is 2.36. The van der Waals surface area contributed by atoms with Crippen molar-refractivity contribution in [3.05, 3.63) is 23.8 Å². The Hall–Kier alpha value is -2.77. The Kier molecular flexibility index (Phi) is 8.50. The van der Waals surface area contributed by atoms with Crippen LogP contribution >= 0.6 is 0 Å². The molecule has 0 saturated carbocycles. The zero-order chi connectivity index (χ0) is 22.3. The van der Waals surface area contributed by atoms with Crippen LogP contribution in [0.4, 0.5) is 0 Å². The fourth-order valence-corrected chi connectivity index (χ4v) is 3.72. The summed E-state index contributed by atoms with van der Waals surface area (Å²) in [5, 5.41) is 0. The molecule has 1 aliphatic heterocycles. The van der Waals surface area contributed by atoms with Gasteiger partial charge in [-0.15, -0.1) is 0 Å². The van der Waals surface area contributed by atoms with Crippen LogP contribution in [0.3, 0.4) is 0 Å². The highest BCUT2D eigenvalue weighted by atomic mass is 16.5. The van der Waals surface area contributed by atoms with Gasteiger partial charge in [0.2, 0.25) is 17.7 Å². The minimum atomic E-state index is -0.405. The summed E-state index contributed by atoms with van der Waals surface area (Å²) in [7, 11) is 4.80. The minimum Gasteiger partial charge on any atom is -0.493 e. The molecular formula is C22H33N3O5. The number of methoxy groups -OCH3 is 2. The second kappa shape index (κ2) is 10.8. The molecule has 0 aliphatic carbocycles. The van der Waals surface area contributed by atoms with Crippen LogP contribution in [0.5, 0.6) is 11.5 Å². The Morgan fingerprint density at radius 1 is 1.13 bits per heavy atom. The van der Waals surface area contributed by atoms with Gasteiger partial charge in [-0.25, -0.2) is 0 Å². The number of rotatable bonds is 10. The number of hydrogen-bond acceptors (Lipinski definition) is 5. The number of nitrogens with zero attached hydrogens (tertiary/aromatic N) is 3. The molecule has 1 aliphatic rings. The number of likely N-dealkylation sites (N-methyl/N-ethyl adjacent to an activating group) is 2. The smallest absolute Gasteiger partial charge is 0.242 e. The maximum Gasteiger partial charge on any atom is 0.242 e. The average Bonchev–Trinajstić information content (AvgIpc) is 3.12. The second-order valence-electron chi connectivity index (χ2n) is 7.44. The highest BCUT2D eigenvalue weighted by Crippen LogP contribution is 2.28. The molecule has 3 amide bonds. The van der Waals surface area contributed by atoms with Gasteiger partial charge in [0.25, 0.3) is 0 Å². The van der Waals surface area contributed by atoms with Gasteiger partial charge in [0.15, 0.2) is 11.5 Å². The fourth-order valence-electron chi connectivity index (χ4n) is 3.72. The van der Waals surface area contributed by atoms with Crippen molar-refractivity contribution in [2.45, 2.75) is 26.7 Å². The first-order chi connectivity index (χ1) is 14.3. The summed E-state index contributed by atoms with van der Waals surface area (Å²) in [5.41, 5.74) is 1.03. The standard InChI is InChI=1S/C22H33N3O5/c1-6-24(7-2)21(27)15-23(3)22(28)17-13-20(26)25(14-17)11-10-16-8-9-18(29-4)19(12-16)30-5/h8-9,12,17H,6-7,10-11,13-15H2,1-5H3/t17-/m1/s1. The molecule has 0 radical (unpaired) electrons. The van der Waals surface area contributed by atoms with E-state index in [-0.39, 0.29) is 30.7 Å². The Morgan fingerprint density at radius 2 is 1.80 bits per heavy atom. The number of amides is 3. The highest BCUT2D eigenvalue weighted by molar-refractivity contribution is 5.91. The molecule has 0 N–H and O–H groups in total. The van der Waals surface area contributed by atoms with Crippen molar-refractivity contribution < 1.29 is 23.9 Å². The van der Waals surface area contributed by atoms with E-state index in [1.54, 1.807) is 31.1 Å². The molecule has 0 aromatic heterocycles. The van der Waals surface area contributed by atoms with Gasteiger partial charge in [-0.1, -0.05) is 6.07 Å². The summed E-state index contributed by atoms with van der Waals surface area (Å²) >= 11 is 0. The van der Waals surface area contributed by atoms with Gasteiger partial charge < -0.3 is 24.2 Å². The predicted octanol–water partition coefficient (Wildman–Crippen LogP) is 1.42. The quantitative estimate of drug-likeness (QED) is 0.573. The van der Waals surface area contributed by atoms with E-state index < -0.39 is 5.92 Å². The summed E-state index contributed by atoms with van der Waals surface area (Å²) in [5.74, 6) is 0.638. The van der Waals surface area contributed by atoms with Crippen molar-refractivity contribution in [1.29, 1.82) is 0 Å². The minimum absolute atomic E-state index is 0.0303. The lowest BCUT2D eigenvalue weighted by Crippen LogP contribution is -2.43. The van der Waals surface area contributed by atoms with Crippen LogP contribution in [0.15, 0.2) is 18.2 Å². The molecule has 0 spiro atoms. The Balaban J connectivity index is 1.91. The van der Waals surface area contributed by atoms with Crippen molar-refractivity contribution in [2.24, 2.45) is 5.92 Å². The zero-order valence-corrected chi connectivity index (χ0v) is 18.6. The van der Waals surface area contributed by atoms with Crippen LogP contribution in [0.1, 0.15) is 25.8 Å². The van der Waals surface area contributed by atoms with Gasteiger partial charge in [0, 0.05) is 39.6 Å². The number of benzene rings is 1. The molecule has 1 fully saturated rings. The molecule has 1 atom stereocenters. The van der Waals surface area contributed by atoms with E-state index in [4.69, 9.17) is 9.47 Å². The lowest BCUT2D eigenvalue weighted by Gasteiger charge is -2.25. The largest absolute Gasteiger partial charge is 0.493 e. The Labute approximate surface area is 178 Å². The molecule has 1 aromatic carbocycles. The fraction of sp³-hybridized carbons (Fsp3) is 0.591. The second-order valence-corrected chi connectivity index (χ2v) is 7.44. The van der Waals surface area contributed by atoms with Gasteiger partial charge in [0.05, 0.1) is 26.7 Å². The molecule has 2 rings (SSSR count). The van der Waals surface area contributed by atoms with E-state index in [9.17, 15) is 14.4 Å². The molecule has 30 heavy (non-hydrogen) atoms. The number of carbonyl (C=O) groups excluding carboxylic acids is 3. The van der Waals surface area contributed by atoms with E-state index in [0.717, 1.165) is 5.56 Å². The molecule has 1 saturated heterocycles. The molecule has 1 aromatic rings. The van der Waals surface area contributed by atoms with Gasteiger partial charge in [-0.2, -0.15) is 0 Å². The lowest BCUT2D eigenvalue weighted by atomic mass is 10.1. The Morgan fingerprint density at radius 3 is 2.40 bits per heavy atom. The molecule has 0 unspecified atom stereocenters. The van der Waals surface area contributed by atoms with Crippen LogP contribution < -0.4 is 9.47 Å². The van der Waals surface area contributed by atoms with E-state index in [1.165, 1.54) is 4.90 Å². The summed E-state index contributed by atoms with van der Waals surface area (Å²) in [6.07, 6.45) is 0.845. The van der Waals surface area contributed by atoms with Crippen LogP contribution in [-0.2, 0) is 20.8 Å². The normalized spacial score (nSPS) is 15.8. The number of carbonyl (C=O) groups is 3. The molecule has 8 heteroatoms. The molecule has 166 valence electrons. The predicted molar refractivity (Wildman–Crippen MR) is 114 cm³/mol. The van der Waals surface area contributed by atoms with Crippen LogP contribution in [0.25, 0.3) is 0 Å². The first kappa shape index (κ1) is 23.5. The number of hydrogen-bond donors (Lipinski definition) is 0. The lowest BCUT2D eigenvalue weighted by molar-refractivity contribution is -0.141. The van der Waals surface area contributed by atoms with Crippen LogP contribution in [0, 0.1) is 5.92 Å². The van der Waals surface area contributed by atoms with E-state index in [1.807, 2.05) is 32.0 Å². The maximum absolute atomic E-state index is 12.7. The van der Waals surface area contributed by atoms with E-state index >= 15 is 0 Å². The third kappa shape index (κ3) is 5.64. The monoisotopic (exact) mass is 419 g/mol. The average molecular weight is 420 g/mol. The number of likely N-dealkylation sites (tertiary alicyclic amines) is 1. The number of ether oxygens (including phenoxy) is 2. The summed E-state index contributed by atoms with van der Waals surface area (Å²) in [4.78, 5) is 42.3. The first-order valence-electron chi connectivity index (χ1n) is 10.4. The summed E-state index contributed by atoms with van der Waals surface area (Å²) in [6.45, 7) is 6.00. The molecule has 1 heterocycles. The topological polar surface area (TPSA) is 79.4 Å². The van der Waals surface area contributed by atoms with Crippen molar-refractivity contribution in [1.82, 2.24) is 14.7 Å². The van der Waals surface area contributed by atoms with Crippen LogP contribution in [-0.4, -0.2) is 86.4 Å². The van der Waals surface area contributed by atoms with E-state index in [0.29, 0.717) is 44.1 Å². The maximum atomic E-state index is 12.7. The van der Waals surface area contributed by atoms with Gasteiger partial charge in [-0.05, 0) is 38.0 Å². The third-order valence-corrected chi connectivity index (χ3v) is 5.55. The summed E-state index contributed by atoms with van der Waals surface area (Å²) < 4.78 is 10.6. The molecule has 0 bridgehead atoms. The van der Waals surface area contributed by atoms with Crippen molar-refractivity contribution in [3.8, 4) is 11.5 Å². The van der Waals surface area contributed by atoms with Crippen molar-refractivity contribution >= 4 is 17.7 Å². The van der Waals surface area contributed by atoms with Crippen molar-refractivity contribution in [3.63, 3.8) is 0 Å². The third-order valence-electron chi connectivity index (χ3n) is 5.55. The molecular weight excluding hydrogens is 386 g/mol. The van der Waals surface area contributed by atoms with Crippen LogP contribution in [0.2, 0.25) is 0 Å². The van der Waals surface area contributed by atoms with Gasteiger partial charge in [0.1, 0.15) is 0 Å². The first-order valence-corrected chi connectivity index (χ1v) is 10.4. The zero-order valence-electron chi connectivity index (χ0n) is 18.6. The van der Waals surface area contributed by atoms with Crippen molar-refractivity contribution in [2.75, 3.05) is 54.0 Å². The summed E-state index contributed by atoms with van der Waals surface area (Å²) in [6, 6.07) is 5.68. The van der Waals surface area contributed by atoms with Gasteiger partial charge >= 0.3 is 0 Å².